The van der Waals surface area contributed by atoms with E-state index >= 15 is 0 Å². The summed E-state index contributed by atoms with van der Waals surface area (Å²) in [6.45, 7) is 2.04. The van der Waals surface area contributed by atoms with Crippen LogP contribution in [-0.4, -0.2) is 36.2 Å². The lowest BCUT2D eigenvalue weighted by Gasteiger charge is -2.37. The third-order valence-electron chi connectivity index (χ3n) is 4.49. The standard InChI is InChI=1S/C20H21ClN2O2.ClH/c21-17-9-5-4-8-16(17)18-14-22-12-13-23(18)20(25)11-10-19(24)15-6-2-1-3-7-15;/h1-9,18,22H,10-14H2;1H. The maximum absolute atomic E-state index is 12.7. The van der Waals surface area contributed by atoms with Crippen molar-refractivity contribution in [3.05, 3.63) is 70.7 Å². The van der Waals surface area contributed by atoms with Crippen molar-refractivity contribution in [3.63, 3.8) is 0 Å². The third kappa shape index (κ3) is 4.85. The molecule has 1 atom stereocenters. The van der Waals surface area contributed by atoms with Gasteiger partial charge >= 0.3 is 0 Å². The molecule has 2 aromatic carbocycles. The molecule has 1 aliphatic heterocycles. The van der Waals surface area contributed by atoms with E-state index < -0.39 is 0 Å². The Morgan fingerprint density at radius 1 is 1.04 bits per heavy atom. The van der Waals surface area contributed by atoms with Gasteiger partial charge < -0.3 is 10.2 Å². The van der Waals surface area contributed by atoms with E-state index in [0.29, 0.717) is 23.7 Å². The van der Waals surface area contributed by atoms with Gasteiger partial charge in [0.2, 0.25) is 5.91 Å². The van der Waals surface area contributed by atoms with Gasteiger partial charge in [-0.1, -0.05) is 60.1 Å². The van der Waals surface area contributed by atoms with Crippen molar-refractivity contribution in [2.75, 3.05) is 19.6 Å². The number of hydrogen-bond donors (Lipinski definition) is 1. The highest BCUT2D eigenvalue weighted by atomic mass is 35.5. The van der Waals surface area contributed by atoms with E-state index in [9.17, 15) is 9.59 Å². The molecule has 0 aliphatic carbocycles. The highest BCUT2D eigenvalue weighted by Gasteiger charge is 2.29. The van der Waals surface area contributed by atoms with Crippen molar-refractivity contribution in [3.8, 4) is 0 Å². The zero-order valence-corrected chi connectivity index (χ0v) is 15.9. The van der Waals surface area contributed by atoms with E-state index in [1.54, 1.807) is 12.1 Å². The number of rotatable bonds is 5. The molecular formula is C20H22Cl2N2O2. The second kappa shape index (κ2) is 9.72. The van der Waals surface area contributed by atoms with Crippen molar-refractivity contribution in [2.45, 2.75) is 18.9 Å². The molecule has 0 bridgehead atoms. The first-order chi connectivity index (χ1) is 12.2. The molecule has 1 heterocycles. The van der Waals surface area contributed by atoms with Gasteiger partial charge in [-0.25, -0.2) is 0 Å². The Labute approximate surface area is 164 Å². The minimum absolute atomic E-state index is 0. The SMILES string of the molecule is Cl.O=C(CCC(=O)N1CCNCC1c1ccccc1Cl)c1ccccc1. The van der Waals surface area contributed by atoms with Crippen LogP contribution in [0.15, 0.2) is 54.6 Å². The summed E-state index contributed by atoms with van der Waals surface area (Å²) in [5, 5.41) is 3.98. The molecule has 1 amide bonds. The summed E-state index contributed by atoms with van der Waals surface area (Å²) in [6.07, 6.45) is 0.441. The smallest absolute Gasteiger partial charge is 0.223 e. The molecule has 138 valence electrons. The Hall–Kier alpha value is -1.88. The van der Waals surface area contributed by atoms with E-state index in [4.69, 9.17) is 11.6 Å². The number of Topliss-reactive ketones (excluding diaryl/α,β-unsaturated/α-hetero) is 1. The molecule has 2 aromatic rings. The predicted octanol–water partition coefficient (Wildman–Crippen LogP) is 3.90. The number of carbonyl (C=O) groups is 2. The quantitative estimate of drug-likeness (QED) is 0.784. The molecule has 1 N–H and O–H groups in total. The fourth-order valence-electron chi connectivity index (χ4n) is 3.16. The maximum Gasteiger partial charge on any atom is 0.223 e. The third-order valence-corrected chi connectivity index (χ3v) is 4.83. The van der Waals surface area contributed by atoms with Gasteiger partial charge in [-0.2, -0.15) is 0 Å². The molecule has 0 radical (unpaired) electrons. The molecule has 3 rings (SSSR count). The van der Waals surface area contributed by atoms with Crippen molar-refractivity contribution in [1.82, 2.24) is 10.2 Å². The van der Waals surface area contributed by atoms with Gasteiger partial charge in [0, 0.05) is 43.1 Å². The van der Waals surface area contributed by atoms with E-state index in [2.05, 4.69) is 5.32 Å². The van der Waals surface area contributed by atoms with E-state index in [1.807, 2.05) is 47.4 Å². The van der Waals surface area contributed by atoms with Crippen LogP contribution in [0.1, 0.15) is 34.8 Å². The second-order valence-corrected chi connectivity index (χ2v) is 6.52. The summed E-state index contributed by atoms with van der Waals surface area (Å²) < 4.78 is 0. The number of amides is 1. The molecule has 4 nitrogen and oxygen atoms in total. The summed E-state index contributed by atoms with van der Waals surface area (Å²) >= 11 is 6.32. The Bertz CT molecular complexity index is 752. The normalized spacial score (nSPS) is 16.7. The summed E-state index contributed by atoms with van der Waals surface area (Å²) in [4.78, 5) is 26.8. The molecule has 1 unspecified atom stereocenters. The zero-order valence-electron chi connectivity index (χ0n) is 14.4. The second-order valence-electron chi connectivity index (χ2n) is 6.12. The first kappa shape index (κ1) is 20.4. The van der Waals surface area contributed by atoms with Gasteiger partial charge in [0.1, 0.15) is 0 Å². The summed E-state index contributed by atoms with van der Waals surface area (Å²) in [6, 6.07) is 16.6. The van der Waals surface area contributed by atoms with Crippen LogP contribution < -0.4 is 5.32 Å². The number of nitrogens with one attached hydrogen (secondary N) is 1. The highest BCUT2D eigenvalue weighted by molar-refractivity contribution is 6.31. The van der Waals surface area contributed by atoms with Crippen LogP contribution in [0, 0.1) is 0 Å². The first-order valence-corrected chi connectivity index (χ1v) is 8.87. The number of halogens is 2. The number of nitrogens with zero attached hydrogens (tertiary/aromatic N) is 1. The lowest BCUT2D eigenvalue weighted by Crippen LogP contribution is -2.48. The Balaban J connectivity index is 0.00000243. The van der Waals surface area contributed by atoms with Crippen LogP contribution in [0.2, 0.25) is 5.02 Å². The van der Waals surface area contributed by atoms with E-state index in [1.165, 1.54) is 0 Å². The molecule has 1 aliphatic rings. The number of piperazine rings is 1. The van der Waals surface area contributed by atoms with Crippen molar-refractivity contribution >= 4 is 35.7 Å². The zero-order chi connectivity index (χ0) is 17.6. The Morgan fingerprint density at radius 2 is 1.73 bits per heavy atom. The van der Waals surface area contributed by atoms with Crippen molar-refractivity contribution < 1.29 is 9.59 Å². The monoisotopic (exact) mass is 392 g/mol. The predicted molar refractivity (Wildman–Crippen MR) is 106 cm³/mol. The van der Waals surface area contributed by atoms with Gasteiger partial charge in [-0.3, -0.25) is 9.59 Å². The number of benzene rings is 2. The van der Waals surface area contributed by atoms with Gasteiger partial charge in [0.15, 0.2) is 5.78 Å². The molecule has 1 saturated heterocycles. The van der Waals surface area contributed by atoms with Gasteiger partial charge in [-0.05, 0) is 11.6 Å². The van der Waals surface area contributed by atoms with E-state index in [-0.39, 0.29) is 43.0 Å². The molecule has 1 fully saturated rings. The minimum Gasteiger partial charge on any atom is -0.333 e. The van der Waals surface area contributed by atoms with Gasteiger partial charge in [0.25, 0.3) is 0 Å². The van der Waals surface area contributed by atoms with Gasteiger partial charge in [-0.15, -0.1) is 12.4 Å². The molecular weight excluding hydrogens is 371 g/mol. The largest absolute Gasteiger partial charge is 0.333 e. The van der Waals surface area contributed by atoms with Crippen LogP contribution in [0.4, 0.5) is 0 Å². The average molecular weight is 393 g/mol. The summed E-state index contributed by atoms with van der Waals surface area (Å²) in [5.41, 5.74) is 1.59. The molecule has 0 spiro atoms. The maximum atomic E-state index is 12.7. The summed E-state index contributed by atoms with van der Waals surface area (Å²) in [7, 11) is 0. The lowest BCUT2D eigenvalue weighted by atomic mass is 10.0. The average Bonchev–Trinajstić information content (AvgIpc) is 2.67. The molecule has 6 heteroatoms. The van der Waals surface area contributed by atoms with Crippen molar-refractivity contribution in [2.24, 2.45) is 0 Å². The van der Waals surface area contributed by atoms with Crippen LogP contribution in [-0.2, 0) is 4.79 Å². The lowest BCUT2D eigenvalue weighted by molar-refractivity contribution is -0.134. The van der Waals surface area contributed by atoms with Crippen LogP contribution in [0.5, 0.6) is 0 Å². The van der Waals surface area contributed by atoms with Crippen LogP contribution in [0.3, 0.4) is 0 Å². The van der Waals surface area contributed by atoms with Gasteiger partial charge in [0.05, 0.1) is 6.04 Å². The molecule has 0 saturated carbocycles. The van der Waals surface area contributed by atoms with Crippen LogP contribution >= 0.6 is 24.0 Å². The molecule has 26 heavy (non-hydrogen) atoms. The Kier molecular flexibility index (Phi) is 7.64. The minimum atomic E-state index is -0.0956. The Morgan fingerprint density at radius 3 is 2.46 bits per heavy atom. The first-order valence-electron chi connectivity index (χ1n) is 8.49. The van der Waals surface area contributed by atoms with E-state index in [0.717, 1.165) is 12.1 Å². The summed E-state index contributed by atoms with van der Waals surface area (Å²) in [5.74, 6) is -0.00548. The molecule has 0 aromatic heterocycles. The fraction of sp³-hybridized carbons (Fsp3) is 0.300. The highest BCUT2D eigenvalue weighted by Crippen LogP contribution is 2.29. The number of ketones is 1. The number of hydrogen-bond acceptors (Lipinski definition) is 3. The van der Waals surface area contributed by atoms with Crippen molar-refractivity contribution in [1.29, 1.82) is 0 Å². The number of carbonyl (C=O) groups excluding carboxylic acids is 2. The topological polar surface area (TPSA) is 49.4 Å². The van der Waals surface area contributed by atoms with Crippen LogP contribution in [0.25, 0.3) is 0 Å². The fourth-order valence-corrected chi connectivity index (χ4v) is 3.42.